The van der Waals surface area contributed by atoms with Gasteiger partial charge in [0, 0.05) is 25.1 Å². The predicted octanol–water partition coefficient (Wildman–Crippen LogP) is 1.96. The van der Waals surface area contributed by atoms with Crippen molar-refractivity contribution in [2.75, 3.05) is 13.2 Å². The molecule has 1 aliphatic heterocycles. The summed E-state index contributed by atoms with van der Waals surface area (Å²) in [6.45, 7) is 5.73. The van der Waals surface area contributed by atoms with Crippen molar-refractivity contribution >= 4 is 16.7 Å². The summed E-state index contributed by atoms with van der Waals surface area (Å²) in [6.07, 6.45) is 2.06. The van der Waals surface area contributed by atoms with E-state index in [-0.39, 0.29) is 23.5 Å². The Bertz CT molecular complexity index is 792. The average Bonchev–Trinajstić information content (AvgIpc) is 3.08. The van der Waals surface area contributed by atoms with E-state index in [0.29, 0.717) is 29.6 Å². The largest absolute Gasteiger partial charge is 0.376 e. The Morgan fingerprint density at radius 1 is 1.38 bits per heavy atom. The second kappa shape index (κ2) is 7.13. The first-order chi connectivity index (χ1) is 11.6. The molecule has 1 fully saturated rings. The molecule has 1 aromatic heterocycles. The van der Waals surface area contributed by atoms with Crippen LogP contribution in [0.1, 0.15) is 37.2 Å². The van der Waals surface area contributed by atoms with E-state index in [9.17, 15) is 9.59 Å². The summed E-state index contributed by atoms with van der Waals surface area (Å²) in [4.78, 5) is 25.2. The molecule has 1 amide bonds. The fraction of sp³-hybridized carbons (Fsp3) is 0.500. The van der Waals surface area contributed by atoms with Crippen LogP contribution < -0.4 is 10.9 Å². The van der Waals surface area contributed by atoms with Crippen LogP contribution in [0.3, 0.4) is 0 Å². The Morgan fingerprint density at radius 2 is 2.12 bits per heavy atom. The van der Waals surface area contributed by atoms with Gasteiger partial charge in [-0.3, -0.25) is 9.59 Å². The van der Waals surface area contributed by atoms with Gasteiger partial charge in [-0.05, 0) is 24.8 Å². The fourth-order valence-electron chi connectivity index (χ4n) is 2.97. The Hall–Kier alpha value is -2.21. The van der Waals surface area contributed by atoms with E-state index >= 15 is 0 Å². The second-order valence-electron chi connectivity index (χ2n) is 6.62. The molecule has 1 N–H and O–H groups in total. The van der Waals surface area contributed by atoms with Gasteiger partial charge in [0.1, 0.15) is 0 Å². The number of rotatable bonds is 5. The van der Waals surface area contributed by atoms with Crippen LogP contribution in [0.2, 0.25) is 0 Å². The minimum absolute atomic E-state index is 0.0711. The average molecular weight is 329 g/mol. The number of nitrogens with zero attached hydrogens (tertiary/aromatic N) is 2. The summed E-state index contributed by atoms with van der Waals surface area (Å²) in [7, 11) is 0. The SMILES string of the molecule is CC(C)Cn1nc(C(=O)NCC2CCCO2)c2ccccc2c1=O. The molecular formula is C18H23N3O3. The first-order valence-electron chi connectivity index (χ1n) is 8.46. The molecule has 6 heteroatoms. The summed E-state index contributed by atoms with van der Waals surface area (Å²) in [5, 5.41) is 8.34. The van der Waals surface area contributed by atoms with Crippen LogP contribution in [0.25, 0.3) is 10.8 Å². The number of ether oxygens (including phenoxy) is 1. The second-order valence-corrected chi connectivity index (χ2v) is 6.62. The van der Waals surface area contributed by atoms with Crippen LogP contribution in [0.5, 0.6) is 0 Å². The van der Waals surface area contributed by atoms with Crippen LogP contribution in [0.15, 0.2) is 29.1 Å². The van der Waals surface area contributed by atoms with Gasteiger partial charge in [0.05, 0.1) is 11.5 Å². The summed E-state index contributed by atoms with van der Waals surface area (Å²) in [6, 6.07) is 7.13. The monoisotopic (exact) mass is 329 g/mol. The first kappa shape index (κ1) is 16.6. The Kier molecular flexibility index (Phi) is 4.94. The standard InChI is InChI=1S/C18H23N3O3/c1-12(2)11-21-18(23)15-8-4-3-7-14(15)16(20-21)17(22)19-10-13-6-5-9-24-13/h3-4,7-8,12-13H,5-6,9-11H2,1-2H3,(H,19,22). The van der Waals surface area contributed by atoms with Crippen LogP contribution >= 0.6 is 0 Å². The van der Waals surface area contributed by atoms with Crippen molar-refractivity contribution < 1.29 is 9.53 Å². The zero-order valence-electron chi connectivity index (χ0n) is 14.1. The minimum atomic E-state index is -0.265. The molecule has 0 aliphatic carbocycles. The molecule has 0 saturated carbocycles. The lowest BCUT2D eigenvalue weighted by Crippen LogP contribution is -2.35. The highest BCUT2D eigenvalue weighted by Crippen LogP contribution is 2.15. The van der Waals surface area contributed by atoms with E-state index in [1.807, 2.05) is 19.9 Å². The number of benzene rings is 1. The number of fused-ring (bicyclic) bond motifs is 1. The van der Waals surface area contributed by atoms with E-state index in [1.165, 1.54) is 4.68 Å². The maximum atomic E-state index is 12.6. The molecule has 0 spiro atoms. The molecule has 1 aliphatic rings. The van der Waals surface area contributed by atoms with Gasteiger partial charge in [0.15, 0.2) is 5.69 Å². The lowest BCUT2D eigenvalue weighted by atomic mass is 10.1. The molecule has 1 atom stereocenters. The Balaban J connectivity index is 1.94. The van der Waals surface area contributed by atoms with Gasteiger partial charge in [0.2, 0.25) is 0 Å². The van der Waals surface area contributed by atoms with Crippen molar-refractivity contribution in [3.8, 4) is 0 Å². The smallest absolute Gasteiger partial charge is 0.274 e. The van der Waals surface area contributed by atoms with E-state index in [2.05, 4.69) is 10.4 Å². The Morgan fingerprint density at radius 3 is 2.79 bits per heavy atom. The lowest BCUT2D eigenvalue weighted by molar-refractivity contribution is 0.0853. The van der Waals surface area contributed by atoms with Crippen LogP contribution in [0.4, 0.5) is 0 Å². The third-order valence-corrected chi connectivity index (χ3v) is 4.14. The van der Waals surface area contributed by atoms with Crippen LogP contribution in [0, 0.1) is 5.92 Å². The summed E-state index contributed by atoms with van der Waals surface area (Å²) in [5.74, 6) is -0.00151. The molecule has 2 heterocycles. The molecule has 128 valence electrons. The van der Waals surface area contributed by atoms with Crippen molar-refractivity contribution in [3.63, 3.8) is 0 Å². The van der Waals surface area contributed by atoms with E-state index in [4.69, 9.17) is 4.74 Å². The normalized spacial score (nSPS) is 17.5. The molecule has 1 unspecified atom stereocenters. The van der Waals surface area contributed by atoms with Gasteiger partial charge in [-0.25, -0.2) is 4.68 Å². The number of carbonyl (C=O) groups excluding carboxylic acids is 1. The third kappa shape index (κ3) is 3.48. The van der Waals surface area contributed by atoms with Crippen molar-refractivity contribution in [1.82, 2.24) is 15.1 Å². The van der Waals surface area contributed by atoms with Gasteiger partial charge in [-0.1, -0.05) is 32.0 Å². The maximum absolute atomic E-state index is 12.6. The topological polar surface area (TPSA) is 73.2 Å². The van der Waals surface area contributed by atoms with E-state index in [0.717, 1.165) is 19.4 Å². The van der Waals surface area contributed by atoms with Gasteiger partial charge in [-0.2, -0.15) is 5.10 Å². The van der Waals surface area contributed by atoms with Crippen molar-refractivity contribution in [1.29, 1.82) is 0 Å². The molecule has 1 saturated heterocycles. The van der Waals surface area contributed by atoms with Gasteiger partial charge in [0.25, 0.3) is 11.5 Å². The fourth-order valence-corrected chi connectivity index (χ4v) is 2.97. The third-order valence-electron chi connectivity index (χ3n) is 4.14. The first-order valence-corrected chi connectivity index (χ1v) is 8.46. The lowest BCUT2D eigenvalue weighted by Gasteiger charge is -2.14. The molecule has 2 aromatic rings. The van der Waals surface area contributed by atoms with Crippen molar-refractivity contribution in [2.45, 2.75) is 39.3 Å². The number of amides is 1. The number of hydrogen-bond donors (Lipinski definition) is 1. The molecule has 0 bridgehead atoms. The highest BCUT2D eigenvalue weighted by atomic mass is 16.5. The molecule has 6 nitrogen and oxygen atoms in total. The van der Waals surface area contributed by atoms with Crippen molar-refractivity contribution in [2.24, 2.45) is 5.92 Å². The highest BCUT2D eigenvalue weighted by Gasteiger charge is 2.20. The van der Waals surface area contributed by atoms with Crippen LogP contribution in [-0.2, 0) is 11.3 Å². The highest BCUT2D eigenvalue weighted by molar-refractivity contribution is 6.04. The molecule has 0 radical (unpaired) electrons. The Labute approximate surface area is 140 Å². The zero-order chi connectivity index (χ0) is 17.1. The summed E-state index contributed by atoms with van der Waals surface area (Å²) < 4.78 is 6.93. The van der Waals surface area contributed by atoms with Crippen molar-refractivity contribution in [3.05, 3.63) is 40.3 Å². The molecule has 3 rings (SSSR count). The maximum Gasteiger partial charge on any atom is 0.274 e. The number of hydrogen-bond acceptors (Lipinski definition) is 4. The molecule has 1 aromatic carbocycles. The van der Waals surface area contributed by atoms with Gasteiger partial charge < -0.3 is 10.1 Å². The summed E-state index contributed by atoms with van der Waals surface area (Å²) in [5.41, 5.74) is 0.138. The number of nitrogens with one attached hydrogen (secondary N) is 1. The summed E-state index contributed by atoms with van der Waals surface area (Å²) >= 11 is 0. The van der Waals surface area contributed by atoms with E-state index in [1.54, 1.807) is 18.2 Å². The number of carbonyl (C=O) groups is 1. The number of aromatic nitrogens is 2. The van der Waals surface area contributed by atoms with Gasteiger partial charge >= 0.3 is 0 Å². The predicted molar refractivity (Wildman–Crippen MR) is 92.1 cm³/mol. The minimum Gasteiger partial charge on any atom is -0.376 e. The quantitative estimate of drug-likeness (QED) is 0.910. The molecule has 24 heavy (non-hydrogen) atoms. The van der Waals surface area contributed by atoms with Gasteiger partial charge in [-0.15, -0.1) is 0 Å². The van der Waals surface area contributed by atoms with E-state index < -0.39 is 0 Å². The zero-order valence-corrected chi connectivity index (χ0v) is 14.1. The van der Waals surface area contributed by atoms with Crippen LogP contribution in [-0.4, -0.2) is 34.9 Å². The molecular weight excluding hydrogens is 306 g/mol.